The van der Waals surface area contributed by atoms with E-state index in [0.717, 1.165) is 13.8 Å². The largest absolute Gasteiger partial charge is 0.509 e. The van der Waals surface area contributed by atoms with Gasteiger partial charge in [0.15, 0.2) is 17.5 Å². The first-order chi connectivity index (χ1) is 67.1. The van der Waals surface area contributed by atoms with Gasteiger partial charge < -0.3 is 143 Å². The van der Waals surface area contributed by atoms with Crippen molar-refractivity contribution in [3.8, 4) is 0 Å². The smallest absolute Gasteiger partial charge is 0.455 e. The van der Waals surface area contributed by atoms with Crippen molar-refractivity contribution in [2.24, 2.45) is 22.5 Å². The minimum Gasteiger partial charge on any atom is -0.455 e. The highest BCUT2D eigenvalue weighted by atomic mass is 16.7. The number of anilines is 1. The summed E-state index contributed by atoms with van der Waals surface area (Å²) < 4.78 is 107. The molecule has 2 bridgehead atoms. The van der Waals surface area contributed by atoms with Crippen LogP contribution < -0.4 is 43.0 Å². The molecule has 1 unspecified atom stereocenters. The van der Waals surface area contributed by atoms with E-state index in [4.69, 9.17) is 95.7 Å². The second-order valence-corrected chi connectivity index (χ2v) is 34.3. The molecule has 140 heavy (non-hydrogen) atoms. The average molecular weight is 1970 g/mol. The lowest BCUT2D eigenvalue weighted by Crippen LogP contribution is -2.82. The van der Waals surface area contributed by atoms with Gasteiger partial charge in [-0.15, -0.1) is 0 Å². The van der Waals surface area contributed by atoms with Crippen LogP contribution >= 0.6 is 0 Å². The lowest BCUT2D eigenvalue weighted by Gasteiger charge is -2.67. The molecule has 4 aliphatic rings. The first-order valence-electron chi connectivity index (χ1n) is 46.4. The summed E-state index contributed by atoms with van der Waals surface area (Å²) in [5.41, 5.74) is -2.65. The summed E-state index contributed by atoms with van der Waals surface area (Å²) in [6, 6.07) is 21.3. The molecule has 1 heterocycles. The lowest BCUT2D eigenvalue weighted by atomic mass is 9.44. The van der Waals surface area contributed by atoms with Crippen molar-refractivity contribution < 1.29 is 167 Å². The van der Waals surface area contributed by atoms with Gasteiger partial charge in [0.25, 0.3) is 5.91 Å². The number of rotatable bonds is 63. The van der Waals surface area contributed by atoms with Crippen molar-refractivity contribution in [2.75, 3.05) is 178 Å². The van der Waals surface area contributed by atoms with Crippen molar-refractivity contribution in [1.29, 1.82) is 0 Å². The normalized spacial score (nSPS) is 21.2. The van der Waals surface area contributed by atoms with E-state index in [-0.39, 0.29) is 111 Å². The van der Waals surface area contributed by atoms with Crippen LogP contribution in [0.3, 0.4) is 0 Å². The van der Waals surface area contributed by atoms with Crippen LogP contribution in [0.25, 0.3) is 0 Å². The third-order valence-corrected chi connectivity index (χ3v) is 24.0. The third kappa shape index (κ3) is 33.9. The first kappa shape index (κ1) is 114. The highest BCUT2D eigenvalue weighted by molar-refractivity contribution is 6.01. The van der Waals surface area contributed by atoms with Gasteiger partial charge in [0.1, 0.15) is 73.9 Å². The Hall–Kier alpha value is -11.4. The van der Waals surface area contributed by atoms with Gasteiger partial charge >= 0.3 is 30.0 Å². The van der Waals surface area contributed by atoms with Gasteiger partial charge in [-0.05, 0) is 106 Å². The summed E-state index contributed by atoms with van der Waals surface area (Å²) in [4.78, 5) is 196. The average Bonchev–Trinajstić information content (AvgIpc) is 0.666. The van der Waals surface area contributed by atoms with Gasteiger partial charge in [0.05, 0.1) is 168 Å². The van der Waals surface area contributed by atoms with Crippen molar-refractivity contribution in [3.05, 3.63) is 149 Å². The number of hydrogen-bond donors (Lipinski definition) is 10. The minimum atomic E-state index is -2.61. The molecular weight excluding hydrogens is 1840 g/mol. The SMILES string of the molecule is COCCOCCOCCOCCOCCOCC(=O)NCCCC[C@H](NC(=O)COCCOCCOCCOCCOCCOC)C(=O)N[C@H](C)C(=O)N[C@H](C)C(=O)N[C@H](CC(N)=O)C(=O)Nc1ccc(COC(=O)O[C@@H](C(=O)O[C@H]2C[C@@]3(O)[C@@H](OC(=O)c4ccccc4)[C@H]4[C@](C)(C(=O)[C@H](OC(C)=O)C(=C2C)C3(C)C)[C@@H](O)CC2OC[C@]24OC(C)=O)[C@@H](NC(=O)c2ccccc2)c2ccccc2)cc1. The van der Waals surface area contributed by atoms with E-state index in [1.165, 1.54) is 102 Å². The van der Waals surface area contributed by atoms with Crippen LogP contribution in [0.2, 0.25) is 0 Å². The fourth-order valence-electron chi connectivity index (χ4n) is 16.6. The maximum atomic E-state index is 16.0. The highest BCUT2D eigenvalue weighted by Crippen LogP contribution is 2.65. The van der Waals surface area contributed by atoms with Crippen molar-refractivity contribution in [2.45, 2.75) is 179 Å². The Bertz CT molecular complexity index is 4710. The number of primary amides is 1. The van der Waals surface area contributed by atoms with Crippen LogP contribution in [-0.4, -0.2) is 338 Å². The van der Waals surface area contributed by atoms with Gasteiger partial charge in [-0.1, -0.05) is 92.7 Å². The molecule has 1 saturated heterocycles. The number of unbranched alkanes of at least 4 members (excludes halogenated alkanes) is 1. The molecular formula is C97H134N8O35. The molecule has 0 aromatic heterocycles. The summed E-state index contributed by atoms with van der Waals surface area (Å²) in [5, 5.41) is 44.8. The maximum Gasteiger partial charge on any atom is 0.509 e. The molecule has 3 fully saturated rings. The van der Waals surface area contributed by atoms with Gasteiger partial charge in [0.2, 0.25) is 47.5 Å². The zero-order valence-electron chi connectivity index (χ0n) is 80.8. The molecule has 43 heteroatoms. The Morgan fingerprint density at radius 1 is 0.543 bits per heavy atom. The molecule has 0 radical (unpaired) electrons. The third-order valence-electron chi connectivity index (χ3n) is 24.0. The molecule has 1 aliphatic heterocycles. The zero-order valence-corrected chi connectivity index (χ0v) is 80.8. The van der Waals surface area contributed by atoms with Crippen LogP contribution in [0.5, 0.6) is 0 Å². The Labute approximate surface area is 812 Å². The van der Waals surface area contributed by atoms with E-state index in [1.807, 2.05) is 0 Å². The summed E-state index contributed by atoms with van der Waals surface area (Å²) in [5.74, 6) is -13.5. The van der Waals surface area contributed by atoms with Crippen molar-refractivity contribution >= 4 is 88.8 Å². The number of carbonyl (C=O) groups excluding carboxylic acids is 14. The molecule has 8 amide bonds. The van der Waals surface area contributed by atoms with Crippen molar-refractivity contribution in [3.63, 3.8) is 0 Å². The molecule has 0 spiro atoms. The van der Waals surface area contributed by atoms with Gasteiger partial charge in [-0.3, -0.25) is 52.7 Å². The van der Waals surface area contributed by atoms with E-state index in [9.17, 15) is 67.7 Å². The molecule has 2 saturated carbocycles. The molecule has 3 aliphatic carbocycles. The fraction of sp³-hybridized carbons (Fsp3) is 0.588. The molecule has 772 valence electrons. The maximum absolute atomic E-state index is 16.0. The minimum absolute atomic E-state index is 0.00539. The first-order valence-corrected chi connectivity index (χ1v) is 46.4. The summed E-state index contributed by atoms with van der Waals surface area (Å²) in [6.45, 7) is 15.6. The number of methoxy groups -OCH3 is 2. The summed E-state index contributed by atoms with van der Waals surface area (Å²) in [7, 11) is 3.18. The Morgan fingerprint density at radius 2 is 1.04 bits per heavy atom. The van der Waals surface area contributed by atoms with Crippen LogP contribution in [0, 0.1) is 16.7 Å². The highest BCUT2D eigenvalue weighted by Gasteiger charge is 2.78. The van der Waals surface area contributed by atoms with E-state index >= 15 is 9.59 Å². The zero-order chi connectivity index (χ0) is 102. The fourth-order valence-corrected chi connectivity index (χ4v) is 16.6. The van der Waals surface area contributed by atoms with Gasteiger partial charge in [-0.2, -0.15) is 0 Å². The Balaban J connectivity index is 0.899. The number of ether oxygens (including phenoxy) is 19. The summed E-state index contributed by atoms with van der Waals surface area (Å²) in [6.07, 6.45) is -13.5. The number of aliphatic hydroxyl groups is 2. The van der Waals surface area contributed by atoms with E-state index in [0.29, 0.717) is 98.9 Å². The number of hydrogen-bond acceptors (Lipinski definition) is 35. The molecule has 11 N–H and O–H groups in total. The number of nitrogens with one attached hydrogen (secondary N) is 7. The second kappa shape index (κ2) is 58.1. The molecule has 4 aromatic rings. The number of Topliss-reactive ketones (excluding diaryl/α,β-unsaturated/α-hetero) is 1. The number of fused-ring (bicyclic) bond motifs is 5. The number of aliphatic hydroxyl groups excluding tert-OH is 1. The van der Waals surface area contributed by atoms with Gasteiger partial charge in [-0.25, -0.2) is 14.4 Å². The van der Waals surface area contributed by atoms with E-state index in [2.05, 4.69) is 37.2 Å². The Morgan fingerprint density at radius 3 is 1.54 bits per heavy atom. The summed E-state index contributed by atoms with van der Waals surface area (Å²) >= 11 is 0. The van der Waals surface area contributed by atoms with Crippen molar-refractivity contribution in [1.82, 2.24) is 31.9 Å². The predicted molar refractivity (Wildman–Crippen MR) is 493 cm³/mol. The molecule has 15 atom stereocenters. The number of amides is 8. The number of carbonyl (C=O) groups is 14. The van der Waals surface area contributed by atoms with Crippen LogP contribution in [0.1, 0.15) is 132 Å². The monoisotopic (exact) mass is 1970 g/mol. The molecule has 4 aromatic carbocycles. The molecule has 8 rings (SSSR count). The standard InChI is InChI=1S/C97H134N8O35/c1-61-73(56-97(121)85(139-91(118)69-26-18-13-19-27-69)83-95(8,74(108)55-75-96(83,60-135-75)140-65(5)107)84(112)81(136-64(4)106)79(61)94(97,6)7)137-92(119)82(80(67-22-14-11-15-23-67)105-88(115)68-24-16-12-17-25-68)138-93(120)134-57-66-29-31-70(32-30-66)102-90(117)72(54-76(98)109)104-87(114)63(3)100-86(113)62(2)101-89(116)71(103-78(111)59-133-53-51-131-49-47-129-45-43-127-41-39-125-37-35-123-10)28-20-21-33-99-77(110)58-132-52-50-130-48-46-128-44-42-126-40-38-124-36-34-122-9/h11-19,22-27,29-32,62-63,71-75,80-83,85,108,121H,20-21,28,33-60H2,1-10H3,(H2,98,109)(H,99,110)(H,100,113)(H,101,116)(H,102,117)(H,103,111)(H,104,114)(H,105,115)/t62-,63-,71+,72-,73+,74+,75?,80+,81-,82-,83+,85+,95-,96+,97-/m1/s1. The second-order valence-electron chi connectivity index (χ2n) is 34.3. The predicted octanol–water partition coefficient (Wildman–Crippen LogP) is 2.63. The van der Waals surface area contributed by atoms with Gasteiger partial charge in [0, 0.05) is 64.1 Å². The number of ketones is 1. The van der Waals surface area contributed by atoms with Crippen LogP contribution in [0.15, 0.2) is 126 Å². The lowest BCUT2D eigenvalue weighted by molar-refractivity contribution is -0.346. The van der Waals surface area contributed by atoms with E-state index in [1.54, 1.807) is 68.8 Å². The topological polar surface area (TPSA) is 565 Å². The van der Waals surface area contributed by atoms with Crippen LogP contribution in [-0.2, 0) is 149 Å². The van der Waals surface area contributed by atoms with Crippen LogP contribution in [0.4, 0.5) is 10.5 Å². The quantitative estimate of drug-likeness (QED) is 0.0131. The molecule has 43 nitrogen and oxygen atoms in total. The number of nitrogens with two attached hydrogens (primary N) is 1. The number of benzene rings is 4. The van der Waals surface area contributed by atoms with E-state index < -0.39 is 211 Å². The Kier molecular flexibility index (Phi) is 47.3. The number of esters is 4.